The van der Waals surface area contributed by atoms with E-state index in [1.54, 1.807) is 13.8 Å². The molecule has 0 atom stereocenters. The molecule has 0 saturated heterocycles. The Bertz CT molecular complexity index is 329. The highest BCUT2D eigenvalue weighted by atomic mass is 32.2. The lowest BCUT2D eigenvalue weighted by atomic mass is 9.79. The Kier molecular flexibility index (Phi) is 5.62. The fraction of sp³-hybridized carbons (Fsp3) is 0.909. The number of carbonyl (C=O) groups excluding carboxylic acids is 1. The van der Waals surface area contributed by atoms with Crippen LogP contribution in [0.2, 0.25) is 0 Å². The van der Waals surface area contributed by atoms with Gasteiger partial charge < -0.3 is 0 Å². The smallest absolute Gasteiger partial charge is 0.213 e. The minimum Gasteiger partial charge on any atom is -0.299 e. The van der Waals surface area contributed by atoms with Gasteiger partial charge in [-0.2, -0.15) is 0 Å². The second-order valence-electron chi connectivity index (χ2n) is 4.46. The number of hydrogen-bond acceptors (Lipinski definition) is 3. The number of rotatable bonds is 7. The van der Waals surface area contributed by atoms with Crippen LogP contribution in [-0.2, 0) is 14.8 Å². The van der Waals surface area contributed by atoms with Crippen LogP contribution in [0, 0.1) is 5.41 Å². The summed E-state index contributed by atoms with van der Waals surface area (Å²) in [4.78, 5) is 11.6. The van der Waals surface area contributed by atoms with Crippen LogP contribution in [0.4, 0.5) is 0 Å². The van der Waals surface area contributed by atoms with Crippen molar-refractivity contribution < 1.29 is 13.2 Å². The number of carbonyl (C=O) groups is 1. The summed E-state index contributed by atoms with van der Waals surface area (Å²) in [5.41, 5.74) is -0.554. The van der Waals surface area contributed by atoms with Crippen molar-refractivity contribution in [1.29, 1.82) is 0 Å². The standard InChI is InChI=1S/C11H23NO3S/c1-6-11(7-2,10(5)13)8-12-16(14,15)9(3)4/h9,12H,6-8H2,1-5H3. The molecule has 0 saturated carbocycles. The zero-order chi connectivity index (χ0) is 13.0. The molecule has 0 rings (SSSR count). The lowest BCUT2D eigenvalue weighted by molar-refractivity contribution is -0.126. The van der Waals surface area contributed by atoms with Gasteiger partial charge in [0.25, 0.3) is 0 Å². The summed E-state index contributed by atoms with van der Waals surface area (Å²) in [6, 6.07) is 0. The Morgan fingerprint density at radius 2 is 1.69 bits per heavy atom. The highest BCUT2D eigenvalue weighted by Crippen LogP contribution is 2.26. The van der Waals surface area contributed by atoms with Crippen molar-refractivity contribution in [2.75, 3.05) is 6.54 Å². The molecule has 5 heteroatoms. The number of hydrogen-bond donors (Lipinski definition) is 1. The first-order chi connectivity index (χ1) is 7.22. The van der Waals surface area contributed by atoms with E-state index in [4.69, 9.17) is 0 Å². The molecule has 0 aromatic rings. The third kappa shape index (κ3) is 3.56. The van der Waals surface area contributed by atoms with Crippen molar-refractivity contribution in [3.05, 3.63) is 0 Å². The molecule has 16 heavy (non-hydrogen) atoms. The summed E-state index contributed by atoms with van der Waals surface area (Å²) < 4.78 is 25.8. The third-order valence-electron chi connectivity index (χ3n) is 3.33. The average Bonchev–Trinajstić information content (AvgIpc) is 2.19. The fourth-order valence-corrected chi connectivity index (χ4v) is 2.34. The molecule has 0 aliphatic carbocycles. The number of nitrogens with one attached hydrogen (secondary N) is 1. The van der Waals surface area contributed by atoms with Crippen molar-refractivity contribution in [2.24, 2.45) is 5.41 Å². The molecular weight excluding hydrogens is 226 g/mol. The largest absolute Gasteiger partial charge is 0.299 e. The second-order valence-corrected chi connectivity index (χ2v) is 6.78. The maximum atomic E-state index is 11.6. The Morgan fingerprint density at radius 3 is 1.94 bits per heavy atom. The van der Waals surface area contributed by atoms with Gasteiger partial charge in [0.1, 0.15) is 5.78 Å². The lowest BCUT2D eigenvalue weighted by Crippen LogP contribution is -2.43. The highest BCUT2D eigenvalue weighted by molar-refractivity contribution is 7.90. The first-order valence-electron chi connectivity index (χ1n) is 5.71. The van der Waals surface area contributed by atoms with Gasteiger partial charge in [0.05, 0.1) is 5.25 Å². The molecule has 0 amide bonds. The number of sulfonamides is 1. The molecule has 0 heterocycles. The van der Waals surface area contributed by atoms with E-state index in [0.717, 1.165) is 0 Å². The van der Waals surface area contributed by atoms with Crippen molar-refractivity contribution in [1.82, 2.24) is 4.72 Å². The summed E-state index contributed by atoms with van der Waals surface area (Å²) in [7, 11) is -3.29. The van der Waals surface area contributed by atoms with Gasteiger partial charge in [-0.1, -0.05) is 13.8 Å². The summed E-state index contributed by atoms with van der Waals surface area (Å²) in [5, 5.41) is -0.467. The van der Waals surface area contributed by atoms with E-state index in [1.807, 2.05) is 13.8 Å². The molecule has 1 N–H and O–H groups in total. The summed E-state index contributed by atoms with van der Waals surface area (Å²) in [6.07, 6.45) is 1.30. The molecule has 0 bridgehead atoms. The molecule has 96 valence electrons. The maximum Gasteiger partial charge on any atom is 0.213 e. The minimum absolute atomic E-state index is 0.0453. The quantitative estimate of drug-likeness (QED) is 0.747. The van der Waals surface area contributed by atoms with Crippen LogP contribution < -0.4 is 4.72 Å². The van der Waals surface area contributed by atoms with Crippen molar-refractivity contribution in [3.8, 4) is 0 Å². The zero-order valence-electron chi connectivity index (χ0n) is 10.8. The predicted octanol–water partition coefficient (Wildman–Crippen LogP) is 1.71. The molecule has 0 aliphatic heterocycles. The number of Topliss-reactive ketones (excluding diaryl/α,β-unsaturated/α-hetero) is 1. The molecule has 0 unspecified atom stereocenters. The second kappa shape index (κ2) is 5.77. The van der Waals surface area contributed by atoms with Gasteiger partial charge in [0, 0.05) is 12.0 Å². The molecule has 4 nitrogen and oxygen atoms in total. The van der Waals surface area contributed by atoms with Crippen LogP contribution in [0.3, 0.4) is 0 Å². The van der Waals surface area contributed by atoms with E-state index in [1.165, 1.54) is 6.92 Å². The van der Waals surface area contributed by atoms with Crippen LogP contribution in [0.25, 0.3) is 0 Å². The van der Waals surface area contributed by atoms with Gasteiger partial charge in [0.2, 0.25) is 10.0 Å². The number of ketones is 1. The zero-order valence-corrected chi connectivity index (χ0v) is 11.6. The minimum atomic E-state index is -3.29. The Labute approximate surface area is 98.9 Å². The summed E-state index contributed by atoms with van der Waals surface area (Å²) in [5.74, 6) is 0.0453. The maximum absolute atomic E-state index is 11.6. The molecule has 0 radical (unpaired) electrons. The monoisotopic (exact) mass is 249 g/mol. The SMILES string of the molecule is CCC(CC)(CNS(=O)(=O)C(C)C)C(C)=O. The Morgan fingerprint density at radius 1 is 1.25 bits per heavy atom. The average molecular weight is 249 g/mol. The van der Waals surface area contributed by atoms with Crippen molar-refractivity contribution >= 4 is 15.8 Å². The molecule has 0 fully saturated rings. The van der Waals surface area contributed by atoms with Gasteiger partial charge in [-0.3, -0.25) is 4.79 Å². The summed E-state index contributed by atoms with van der Waals surface area (Å²) in [6.45, 7) is 8.79. The van der Waals surface area contributed by atoms with E-state index in [2.05, 4.69) is 4.72 Å². The molecule has 0 aromatic heterocycles. The van der Waals surface area contributed by atoms with Crippen LogP contribution in [0.5, 0.6) is 0 Å². The fourth-order valence-electron chi connectivity index (χ4n) is 1.53. The Hall–Kier alpha value is -0.420. The summed E-state index contributed by atoms with van der Waals surface area (Å²) >= 11 is 0. The molecule has 0 aromatic carbocycles. The van der Waals surface area contributed by atoms with Crippen LogP contribution in [0.1, 0.15) is 47.5 Å². The van der Waals surface area contributed by atoms with E-state index in [0.29, 0.717) is 12.8 Å². The van der Waals surface area contributed by atoms with E-state index >= 15 is 0 Å². The van der Waals surface area contributed by atoms with Crippen LogP contribution in [-0.4, -0.2) is 26.0 Å². The van der Waals surface area contributed by atoms with Gasteiger partial charge in [0.15, 0.2) is 0 Å². The first-order valence-corrected chi connectivity index (χ1v) is 7.26. The topological polar surface area (TPSA) is 63.2 Å². The van der Waals surface area contributed by atoms with E-state index in [9.17, 15) is 13.2 Å². The van der Waals surface area contributed by atoms with Crippen LogP contribution in [0.15, 0.2) is 0 Å². The van der Waals surface area contributed by atoms with Crippen molar-refractivity contribution in [3.63, 3.8) is 0 Å². The molecule has 0 spiro atoms. The molecular formula is C11H23NO3S. The lowest BCUT2D eigenvalue weighted by Gasteiger charge is -2.29. The normalized spacial score (nSPS) is 13.1. The third-order valence-corrected chi connectivity index (χ3v) is 5.12. The van der Waals surface area contributed by atoms with Gasteiger partial charge in [-0.25, -0.2) is 13.1 Å². The molecule has 0 aliphatic rings. The Balaban J connectivity index is 4.76. The van der Waals surface area contributed by atoms with E-state index in [-0.39, 0.29) is 12.3 Å². The van der Waals surface area contributed by atoms with E-state index < -0.39 is 20.7 Å². The highest BCUT2D eigenvalue weighted by Gasteiger charge is 2.33. The van der Waals surface area contributed by atoms with Gasteiger partial charge >= 0.3 is 0 Å². The van der Waals surface area contributed by atoms with Gasteiger partial charge in [-0.15, -0.1) is 0 Å². The predicted molar refractivity (Wildman–Crippen MR) is 65.8 cm³/mol. The first kappa shape index (κ1) is 15.6. The van der Waals surface area contributed by atoms with Gasteiger partial charge in [-0.05, 0) is 33.6 Å². The van der Waals surface area contributed by atoms with Crippen LogP contribution >= 0.6 is 0 Å². The van der Waals surface area contributed by atoms with Crippen molar-refractivity contribution in [2.45, 2.75) is 52.7 Å².